The van der Waals surface area contributed by atoms with Gasteiger partial charge in [-0.25, -0.2) is 4.79 Å². The number of carbonyl (C=O) groups excluding carboxylic acids is 2. The van der Waals surface area contributed by atoms with Crippen molar-refractivity contribution in [1.82, 2.24) is 15.2 Å². The van der Waals surface area contributed by atoms with Gasteiger partial charge in [0, 0.05) is 25.5 Å². The third-order valence-corrected chi connectivity index (χ3v) is 5.55. The second kappa shape index (κ2) is 10.3. The second-order valence-electron chi connectivity index (χ2n) is 9.05. The molecule has 0 aliphatic carbocycles. The van der Waals surface area contributed by atoms with Gasteiger partial charge >= 0.3 is 6.09 Å². The molecule has 0 bridgehead atoms. The van der Waals surface area contributed by atoms with E-state index in [1.54, 1.807) is 38.1 Å². The SMILES string of the molecule is CC(C)(C)OC(=O)N[C@H](C(=O)N1CCC(C(C#N)c2cccnc2)CC1)c1ccccc1. The van der Waals surface area contributed by atoms with Gasteiger partial charge in [-0.2, -0.15) is 5.26 Å². The fraction of sp³-hybridized carbons (Fsp3) is 0.440. The molecule has 0 saturated carbocycles. The molecule has 1 aliphatic rings. The summed E-state index contributed by atoms with van der Waals surface area (Å²) in [6.07, 6.45) is 4.23. The average molecular weight is 435 g/mol. The number of hydrogen-bond donors (Lipinski definition) is 1. The van der Waals surface area contributed by atoms with Crippen LogP contribution in [-0.4, -0.2) is 40.6 Å². The summed E-state index contributed by atoms with van der Waals surface area (Å²) in [4.78, 5) is 31.7. The molecular weight excluding hydrogens is 404 g/mol. The smallest absolute Gasteiger partial charge is 0.408 e. The zero-order valence-corrected chi connectivity index (χ0v) is 18.8. The van der Waals surface area contributed by atoms with Gasteiger partial charge < -0.3 is 15.0 Å². The van der Waals surface area contributed by atoms with E-state index < -0.39 is 17.7 Å². The van der Waals surface area contributed by atoms with Gasteiger partial charge in [-0.3, -0.25) is 9.78 Å². The Morgan fingerprint density at radius 2 is 1.78 bits per heavy atom. The fourth-order valence-electron chi connectivity index (χ4n) is 4.01. The number of nitriles is 1. The number of piperidine rings is 1. The summed E-state index contributed by atoms with van der Waals surface area (Å²) >= 11 is 0. The summed E-state index contributed by atoms with van der Waals surface area (Å²) in [6, 6.07) is 14.5. The largest absolute Gasteiger partial charge is 0.444 e. The van der Waals surface area contributed by atoms with Crippen LogP contribution in [-0.2, 0) is 9.53 Å². The highest BCUT2D eigenvalue weighted by Crippen LogP contribution is 2.33. The highest BCUT2D eigenvalue weighted by atomic mass is 16.6. The van der Waals surface area contributed by atoms with Crippen molar-refractivity contribution in [2.24, 2.45) is 5.92 Å². The number of nitrogens with one attached hydrogen (secondary N) is 1. The minimum Gasteiger partial charge on any atom is -0.444 e. The van der Waals surface area contributed by atoms with E-state index in [-0.39, 0.29) is 17.7 Å². The Bertz CT molecular complexity index is 943. The number of pyridine rings is 1. The zero-order chi connectivity index (χ0) is 23.1. The first kappa shape index (κ1) is 23.3. The highest BCUT2D eigenvalue weighted by molar-refractivity contribution is 5.87. The van der Waals surface area contributed by atoms with Crippen molar-refractivity contribution < 1.29 is 14.3 Å². The summed E-state index contributed by atoms with van der Waals surface area (Å²) in [5.41, 5.74) is 0.954. The molecule has 2 amide bonds. The van der Waals surface area contributed by atoms with E-state index in [0.29, 0.717) is 31.5 Å². The number of likely N-dealkylation sites (tertiary alicyclic amines) is 1. The molecule has 1 fully saturated rings. The molecular formula is C25H30N4O3. The van der Waals surface area contributed by atoms with E-state index in [9.17, 15) is 14.9 Å². The first-order chi connectivity index (χ1) is 15.3. The molecule has 7 heteroatoms. The molecule has 7 nitrogen and oxygen atoms in total. The van der Waals surface area contributed by atoms with Gasteiger partial charge in [0.1, 0.15) is 11.6 Å². The molecule has 2 heterocycles. The number of rotatable bonds is 5. The van der Waals surface area contributed by atoms with Gasteiger partial charge in [-0.05, 0) is 56.7 Å². The average Bonchev–Trinajstić information content (AvgIpc) is 2.78. The van der Waals surface area contributed by atoms with Crippen LogP contribution in [0.4, 0.5) is 4.79 Å². The molecule has 1 unspecified atom stereocenters. The number of hydrogen-bond acceptors (Lipinski definition) is 5. The molecule has 0 spiro atoms. The zero-order valence-electron chi connectivity index (χ0n) is 18.8. The third kappa shape index (κ3) is 6.07. The number of benzene rings is 1. The molecule has 1 aromatic carbocycles. The maximum atomic E-state index is 13.4. The van der Waals surface area contributed by atoms with E-state index in [1.807, 2.05) is 42.5 Å². The predicted molar refractivity (Wildman–Crippen MR) is 120 cm³/mol. The van der Waals surface area contributed by atoms with E-state index in [1.165, 1.54) is 0 Å². The number of alkyl carbamates (subject to hydrolysis) is 1. The van der Waals surface area contributed by atoms with E-state index >= 15 is 0 Å². The van der Waals surface area contributed by atoms with Gasteiger partial charge in [-0.1, -0.05) is 36.4 Å². The van der Waals surface area contributed by atoms with Crippen molar-refractivity contribution in [2.75, 3.05) is 13.1 Å². The predicted octanol–water partition coefficient (Wildman–Crippen LogP) is 4.19. The summed E-state index contributed by atoms with van der Waals surface area (Å²) < 4.78 is 5.38. The number of aromatic nitrogens is 1. The van der Waals surface area contributed by atoms with Crippen LogP contribution in [0.2, 0.25) is 0 Å². The molecule has 2 atom stereocenters. The first-order valence-electron chi connectivity index (χ1n) is 10.9. The van der Waals surface area contributed by atoms with Crippen LogP contribution < -0.4 is 5.32 Å². The molecule has 1 N–H and O–H groups in total. The van der Waals surface area contributed by atoms with E-state index in [4.69, 9.17) is 4.74 Å². The van der Waals surface area contributed by atoms with Crippen LogP contribution in [0, 0.1) is 17.2 Å². The van der Waals surface area contributed by atoms with Crippen LogP contribution in [0.3, 0.4) is 0 Å². The molecule has 2 aromatic rings. The van der Waals surface area contributed by atoms with Crippen LogP contribution in [0.25, 0.3) is 0 Å². The lowest BCUT2D eigenvalue weighted by molar-refractivity contribution is -0.135. The minimum atomic E-state index is -0.826. The van der Waals surface area contributed by atoms with Crippen molar-refractivity contribution >= 4 is 12.0 Å². The lowest BCUT2D eigenvalue weighted by Gasteiger charge is -2.36. The summed E-state index contributed by atoms with van der Waals surface area (Å²) in [7, 11) is 0. The Morgan fingerprint density at radius 3 is 2.34 bits per heavy atom. The Balaban J connectivity index is 1.69. The van der Waals surface area contributed by atoms with Gasteiger partial charge in [-0.15, -0.1) is 0 Å². The van der Waals surface area contributed by atoms with Crippen molar-refractivity contribution in [3.63, 3.8) is 0 Å². The third-order valence-electron chi connectivity index (χ3n) is 5.55. The van der Waals surface area contributed by atoms with E-state index in [0.717, 1.165) is 5.56 Å². The van der Waals surface area contributed by atoms with Crippen molar-refractivity contribution in [1.29, 1.82) is 5.26 Å². The Kier molecular flexibility index (Phi) is 7.47. The Morgan fingerprint density at radius 1 is 1.12 bits per heavy atom. The molecule has 168 valence electrons. The lowest BCUT2D eigenvalue weighted by Crippen LogP contribution is -2.47. The molecule has 3 rings (SSSR count). The van der Waals surface area contributed by atoms with Gasteiger partial charge in [0.2, 0.25) is 5.91 Å². The Labute approximate surface area is 189 Å². The maximum Gasteiger partial charge on any atom is 0.408 e. The van der Waals surface area contributed by atoms with E-state index in [2.05, 4.69) is 16.4 Å². The van der Waals surface area contributed by atoms with Crippen LogP contribution in [0.15, 0.2) is 54.9 Å². The van der Waals surface area contributed by atoms with Crippen molar-refractivity contribution in [3.8, 4) is 6.07 Å². The summed E-state index contributed by atoms with van der Waals surface area (Å²) in [5.74, 6) is -0.261. The van der Waals surface area contributed by atoms with Gasteiger partial charge in [0.25, 0.3) is 0 Å². The number of nitrogens with zero attached hydrogens (tertiary/aromatic N) is 3. The van der Waals surface area contributed by atoms with Crippen LogP contribution in [0.5, 0.6) is 0 Å². The summed E-state index contributed by atoms with van der Waals surface area (Å²) in [5, 5.41) is 12.5. The van der Waals surface area contributed by atoms with Crippen LogP contribution >= 0.6 is 0 Å². The number of amides is 2. The standard InChI is InChI=1S/C25H30N4O3/c1-25(2,3)32-24(31)28-22(19-8-5-4-6-9-19)23(30)29-14-11-18(12-15-29)21(16-26)20-10-7-13-27-17-20/h4-10,13,17-18,21-22H,11-12,14-15H2,1-3H3,(H,28,31)/t21?,22-/m0/s1. The molecule has 1 aliphatic heterocycles. The van der Waals surface area contributed by atoms with Crippen LogP contribution in [0.1, 0.15) is 56.7 Å². The fourth-order valence-corrected chi connectivity index (χ4v) is 4.01. The second-order valence-corrected chi connectivity index (χ2v) is 9.05. The molecule has 1 aromatic heterocycles. The Hall–Kier alpha value is -3.40. The quantitative estimate of drug-likeness (QED) is 0.761. The normalized spacial score (nSPS) is 16.5. The topological polar surface area (TPSA) is 95.3 Å². The number of carbonyl (C=O) groups is 2. The molecule has 32 heavy (non-hydrogen) atoms. The maximum absolute atomic E-state index is 13.4. The van der Waals surface area contributed by atoms with Gasteiger partial charge in [0.15, 0.2) is 0 Å². The molecule has 0 radical (unpaired) electrons. The van der Waals surface area contributed by atoms with Crippen molar-refractivity contribution in [3.05, 3.63) is 66.0 Å². The highest BCUT2D eigenvalue weighted by Gasteiger charge is 2.34. The summed E-state index contributed by atoms with van der Waals surface area (Å²) in [6.45, 7) is 6.41. The monoisotopic (exact) mass is 434 g/mol. The first-order valence-corrected chi connectivity index (χ1v) is 10.9. The number of ether oxygens (including phenoxy) is 1. The van der Waals surface area contributed by atoms with Crippen molar-refractivity contribution in [2.45, 2.75) is 51.2 Å². The lowest BCUT2D eigenvalue weighted by atomic mass is 9.81. The minimum absolute atomic E-state index is 0.155. The van der Waals surface area contributed by atoms with Gasteiger partial charge in [0.05, 0.1) is 12.0 Å². The molecule has 1 saturated heterocycles.